The van der Waals surface area contributed by atoms with Crippen LogP contribution in [-0.2, 0) is 9.59 Å². The summed E-state index contributed by atoms with van der Waals surface area (Å²) in [5.74, 6) is -2.47. The molecule has 0 amide bonds. The third-order valence-corrected chi connectivity index (χ3v) is 1.35. The van der Waals surface area contributed by atoms with Gasteiger partial charge in [0.2, 0.25) is 0 Å². The van der Waals surface area contributed by atoms with Gasteiger partial charge in [-0.1, -0.05) is 26.0 Å². The van der Waals surface area contributed by atoms with E-state index in [4.69, 9.17) is 0 Å². The normalized spacial score (nSPS) is 11.8. The Morgan fingerprint density at radius 1 is 1.33 bits per heavy atom. The van der Waals surface area contributed by atoms with Crippen LogP contribution in [0.5, 0.6) is 0 Å². The van der Waals surface area contributed by atoms with Crippen LogP contribution in [0.1, 0.15) is 20.3 Å². The van der Waals surface area contributed by atoms with Gasteiger partial charge in [0, 0.05) is 17.8 Å². The maximum atomic E-state index is 10.4. The van der Waals surface area contributed by atoms with E-state index < -0.39 is 17.4 Å². The fourth-order valence-corrected chi connectivity index (χ4v) is 0.518. The van der Waals surface area contributed by atoms with Crippen molar-refractivity contribution in [1.29, 1.82) is 0 Å². The van der Waals surface area contributed by atoms with Crippen LogP contribution in [0.25, 0.3) is 0 Å². The summed E-state index contributed by atoms with van der Waals surface area (Å²) in [6.45, 7) is 2.85. The van der Waals surface area contributed by atoms with Crippen molar-refractivity contribution in [3.8, 4) is 0 Å². The molecule has 0 aliphatic carbocycles. The van der Waals surface area contributed by atoms with Gasteiger partial charge in [-0.05, 0) is 0 Å². The Hall–Kier alpha value is -1.32. The standard InChI is InChI=1S/C8H12O4/c1-8(2,7(11)12)5-3-4-6(9)10/h3,5H,4H2,1-2H3,(H,9,10)(H,11,12)/p-2/b5-3+. The van der Waals surface area contributed by atoms with Gasteiger partial charge in [0.05, 0.1) is 5.97 Å². The lowest BCUT2D eigenvalue weighted by atomic mass is 9.93. The zero-order valence-electron chi connectivity index (χ0n) is 6.99. The Morgan fingerprint density at radius 3 is 2.17 bits per heavy atom. The van der Waals surface area contributed by atoms with Gasteiger partial charge in [-0.3, -0.25) is 0 Å². The molecule has 0 bridgehead atoms. The smallest absolute Gasteiger partial charge is 0.0508 e. The maximum absolute atomic E-state index is 10.4. The molecule has 0 N–H and O–H groups in total. The summed E-state index contributed by atoms with van der Waals surface area (Å²) < 4.78 is 0. The van der Waals surface area contributed by atoms with Gasteiger partial charge in [0.25, 0.3) is 0 Å². The van der Waals surface area contributed by atoms with Crippen molar-refractivity contribution in [2.75, 3.05) is 0 Å². The van der Waals surface area contributed by atoms with E-state index in [9.17, 15) is 19.8 Å². The van der Waals surface area contributed by atoms with Gasteiger partial charge in [0.1, 0.15) is 0 Å². The number of hydrogen-bond donors (Lipinski definition) is 0. The summed E-state index contributed by atoms with van der Waals surface area (Å²) in [6, 6.07) is 0. The number of carboxylic acid groups (broad SMARTS) is 2. The van der Waals surface area contributed by atoms with Gasteiger partial charge < -0.3 is 19.8 Å². The van der Waals surface area contributed by atoms with Crippen molar-refractivity contribution in [2.24, 2.45) is 5.41 Å². The van der Waals surface area contributed by atoms with Gasteiger partial charge in [-0.2, -0.15) is 0 Å². The largest absolute Gasteiger partial charge is 0.550 e. The van der Waals surface area contributed by atoms with Crippen LogP contribution in [0.2, 0.25) is 0 Å². The molecule has 0 unspecified atom stereocenters. The maximum Gasteiger partial charge on any atom is 0.0508 e. The van der Waals surface area contributed by atoms with E-state index in [1.54, 1.807) is 0 Å². The number of aliphatic carboxylic acids is 2. The summed E-state index contributed by atoms with van der Waals surface area (Å²) in [4.78, 5) is 20.3. The second-order valence-electron chi connectivity index (χ2n) is 2.99. The highest BCUT2D eigenvalue weighted by molar-refractivity contribution is 5.74. The van der Waals surface area contributed by atoms with Crippen molar-refractivity contribution in [1.82, 2.24) is 0 Å². The van der Waals surface area contributed by atoms with Crippen LogP contribution in [0.3, 0.4) is 0 Å². The monoisotopic (exact) mass is 170 g/mol. The van der Waals surface area contributed by atoms with Crippen molar-refractivity contribution in [2.45, 2.75) is 20.3 Å². The van der Waals surface area contributed by atoms with Crippen molar-refractivity contribution >= 4 is 11.9 Å². The lowest BCUT2D eigenvalue weighted by Gasteiger charge is -2.21. The molecule has 0 aromatic rings. The van der Waals surface area contributed by atoms with Gasteiger partial charge in [-0.15, -0.1) is 0 Å². The summed E-state index contributed by atoms with van der Waals surface area (Å²) >= 11 is 0. The summed E-state index contributed by atoms with van der Waals surface area (Å²) in [7, 11) is 0. The third-order valence-electron chi connectivity index (χ3n) is 1.35. The molecule has 0 atom stereocenters. The predicted molar refractivity (Wildman–Crippen MR) is 37.6 cm³/mol. The molecule has 12 heavy (non-hydrogen) atoms. The van der Waals surface area contributed by atoms with Gasteiger partial charge >= 0.3 is 0 Å². The highest BCUT2D eigenvalue weighted by atomic mass is 16.4. The van der Waals surface area contributed by atoms with Crippen LogP contribution >= 0.6 is 0 Å². The first-order valence-corrected chi connectivity index (χ1v) is 3.45. The quantitative estimate of drug-likeness (QED) is 0.479. The Bertz CT molecular complexity index is 215. The second-order valence-corrected chi connectivity index (χ2v) is 2.99. The van der Waals surface area contributed by atoms with E-state index in [0.717, 1.165) is 0 Å². The fourth-order valence-electron chi connectivity index (χ4n) is 0.518. The van der Waals surface area contributed by atoms with E-state index in [0.29, 0.717) is 0 Å². The first kappa shape index (κ1) is 10.7. The molecular formula is C8H10O4-2. The zero-order chi connectivity index (χ0) is 9.78. The lowest BCUT2D eigenvalue weighted by Crippen LogP contribution is -2.36. The molecule has 0 saturated carbocycles. The minimum absolute atomic E-state index is 0.281. The molecule has 0 heterocycles. The highest BCUT2D eigenvalue weighted by Gasteiger charge is 2.13. The molecule has 0 saturated heterocycles. The molecule has 68 valence electrons. The minimum atomic E-state index is -1.24. The number of carbonyl (C=O) groups excluding carboxylic acids is 2. The summed E-state index contributed by atoms with van der Waals surface area (Å²) in [5.41, 5.74) is -1.13. The molecule has 0 rings (SSSR count). The van der Waals surface area contributed by atoms with Crippen molar-refractivity contribution in [3.05, 3.63) is 12.2 Å². The molecule has 0 aliphatic heterocycles. The SMILES string of the molecule is CC(C)(/C=C/CC(=O)[O-])C(=O)[O-]. The van der Waals surface area contributed by atoms with Crippen LogP contribution in [0.15, 0.2) is 12.2 Å². The van der Waals surface area contributed by atoms with Crippen LogP contribution < -0.4 is 10.2 Å². The first-order valence-electron chi connectivity index (χ1n) is 3.45. The highest BCUT2D eigenvalue weighted by Crippen LogP contribution is 2.15. The van der Waals surface area contributed by atoms with Gasteiger partial charge in [0.15, 0.2) is 0 Å². The molecule has 4 nitrogen and oxygen atoms in total. The predicted octanol–water partition coefficient (Wildman–Crippen LogP) is -1.54. The first-order chi connectivity index (χ1) is 5.36. The van der Waals surface area contributed by atoms with Gasteiger partial charge in [-0.25, -0.2) is 0 Å². The van der Waals surface area contributed by atoms with Crippen LogP contribution in [0, 0.1) is 5.41 Å². The number of carboxylic acids is 2. The topological polar surface area (TPSA) is 80.3 Å². The Balaban J connectivity index is 4.14. The van der Waals surface area contributed by atoms with E-state index in [1.807, 2.05) is 0 Å². The Labute approximate surface area is 70.5 Å². The molecular weight excluding hydrogens is 160 g/mol. The zero-order valence-corrected chi connectivity index (χ0v) is 6.99. The molecule has 0 spiro atoms. The van der Waals surface area contributed by atoms with E-state index in [1.165, 1.54) is 26.0 Å². The van der Waals surface area contributed by atoms with E-state index in [2.05, 4.69) is 0 Å². The Kier molecular flexibility index (Phi) is 3.47. The van der Waals surface area contributed by atoms with Crippen LogP contribution in [0.4, 0.5) is 0 Å². The van der Waals surface area contributed by atoms with Crippen LogP contribution in [-0.4, -0.2) is 11.9 Å². The third kappa shape index (κ3) is 3.75. The summed E-state index contributed by atoms with van der Waals surface area (Å²) in [5, 5.41) is 20.3. The fraction of sp³-hybridized carbons (Fsp3) is 0.500. The van der Waals surface area contributed by atoms with E-state index in [-0.39, 0.29) is 6.42 Å². The molecule has 0 aromatic heterocycles. The molecule has 0 fully saturated rings. The number of rotatable bonds is 4. The summed E-state index contributed by atoms with van der Waals surface area (Å²) in [6.07, 6.45) is 2.24. The second kappa shape index (κ2) is 3.90. The molecule has 0 radical (unpaired) electrons. The average molecular weight is 170 g/mol. The lowest BCUT2D eigenvalue weighted by molar-refractivity contribution is -0.315. The number of hydrogen-bond acceptors (Lipinski definition) is 4. The van der Waals surface area contributed by atoms with Crippen molar-refractivity contribution in [3.63, 3.8) is 0 Å². The van der Waals surface area contributed by atoms with E-state index >= 15 is 0 Å². The Morgan fingerprint density at radius 2 is 1.83 bits per heavy atom. The molecule has 4 heteroatoms. The molecule has 0 aliphatic rings. The average Bonchev–Trinajstić information content (AvgIpc) is 1.85. The minimum Gasteiger partial charge on any atom is -0.550 e. The van der Waals surface area contributed by atoms with Crippen molar-refractivity contribution < 1.29 is 19.8 Å². The number of carbonyl (C=O) groups is 2. The molecule has 0 aromatic carbocycles.